The van der Waals surface area contributed by atoms with Crippen molar-refractivity contribution in [3.8, 4) is 0 Å². The van der Waals surface area contributed by atoms with Crippen LogP contribution in [-0.4, -0.2) is 28.8 Å². The van der Waals surface area contributed by atoms with E-state index < -0.39 is 0 Å². The molecule has 0 bridgehead atoms. The minimum Gasteiger partial charge on any atom is -0.350 e. The van der Waals surface area contributed by atoms with Gasteiger partial charge in [0.25, 0.3) is 0 Å². The lowest BCUT2D eigenvalue weighted by Gasteiger charge is -2.34. The molecule has 0 heterocycles. The minimum atomic E-state index is -0.355. The maximum absolute atomic E-state index is 12.0. The minimum absolute atomic E-state index is 0.0880. The van der Waals surface area contributed by atoms with Crippen LogP contribution in [0.25, 0.3) is 0 Å². The van der Waals surface area contributed by atoms with Crippen molar-refractivity contribution in [3.63, 3.8) is 0 Å². The van der Waals surface area contributed by atoms with E-state index in [9.17, 15) is 9.59 Å². The highest BCUT2D eigenvalue weighted by molar-refractivity contribution is 5.84. The first kappa shape index (κ1) is 16.2. The molecule has 1 rings (SSSR count). The van der Waals surface area contributed by atoms with Gasteiger partial charge in [-0.25, -0.2) is 0 Å². The van der Waals surface area contributed by atoms with Crippen molar-refractivity contribution in [2.45, 2.75) is 46.7 Å². The predicted octanol–water partition coefficient (Wildman–Crippen LogP) is 2.26. The van der Waals surface area contributed by atoms with Gasteiger partial charge in [-0.1, -0.05) is 24.3 Å². The SMILES string of the molecule is CC(=O)N(CC(=O)NCc1ccccc1C)C(C)(C)C. The Morgan fingerprint density at radius 1 is 1.20 bits per heavy atom. The third kappa shape index (κ3) is 4.68. The standard InChI is InChI=1S/C16H24N2O2/c1-12-8-6-7-9-14(12)10-17-15(20)11-18(13(2)19)16(3,4)5/h6-9H,10-11H2,1-5H3,(H,17,20). The van der Waals surface area contributed by atoms with Gasteiger partial charge < -0.3 is 10.2 Å². The van der Waals surface area contributed by atoms with E-state index >= 15 is 0 Å². The molecule has 0 aliphatic heterocycles. The summed E-state index contributed by atoms with van der Waals surface area (Å²) in [6.07, 6.45) is 0. The Bertz CT molecular complexity index is 489. The van der Waals surface area contributed by atoms with Crippen LogP contribution in [0.3, 0.4) is 0 Å². The van der Waals surface area contributed by atoms with Crippen molar-refractivity contribution in [3.05, 3.63) is 35.4 Å². The van der Waals surface area contributed by atoms with Crippen LogP contribution in [0, 0.1) is 6.92 Å². The fourth-order valence-corrected chi connectivity index (χ4v) is 2.02. The molecule has 110 valence electrons. The molecular weight excluding hydrogens is 252 g/mol. The van der Waals surface area contributed by atoms with Gasteiger partial charge in [0.1, 0.15) is 6.54 Å². The van der Waals surface area contributed by atoms with Crippen molar-refractivity contribution in [1.29, 1.82) is 0 Å². The summed E-state index contributed by atoms with van der Waals surface area (Å²) >= 11 is 0. The van der Waals surface area contributed by atoms with Crippen LogP contribution >= 0.6 is 0 Å². The summed E-state index contributed by atoms with van der Waals surface area (Å²) in [6.45, 7) is 9.83. The van der Waals surface area contributed by atoms with Gasteiger partial charge in [0, 0.05) is 19.0 Å². The molecule has 0 unspecified atom stereocenters. The van der Waals surface area contributed by atoms with Crippen molar-refractivity contribution < 1.29 is 9.59 Å². The van der Waals surface area contributed by atoms with Crippen LogP contribution < -0.4 is 5.32 Å². The summed E-state index contributed by atoms with van der Waals surface area (Å²) in [7, 11) is 0. The molecular formula is C16H24N2O2. The van der Waals surface area contributed by atoms with Crippen molar-refractivity contribution in [2.24, 2.45) is 0 Å². The number of aryl methyl sites for hydroxylation is 1. The predicted molar refractivity (Wildman–Crippen MR) is 80.2 cm³/mol. The molecule has 0 aromatic heterocycles. The maximum atomic E-state index is 12.0. The van der Waals surface area contributed by atoms with Crippen molar-refractivity contribution in [2.75, 3.05) is 6.54 Å². The number of amides is 2. The summed E-state index contributed by atoms with van der Waals surface area (Å²) < 4.78 is 0. The van der Waals surface area contributed by atoms with Crippen molar-refractivity contribution >= 4 is 11.8 Å². The number of carbonyl (C=O) groups is 2. The van der Waals surface area contributed by atoms with Gasteiger partial charge in [0.2, 0.25) is 11.8 Å². The van der Waals surface area contributed by atoms with Gasteiger partial charge in [0.15, 0.2) is 0 Å². The first-order valence-electron chi connectivity index (χ1n) is 6.81. The monoisotopic (exact) mass is 276 g/mol. The first-order valence-corrected chi connectivity index (χ1v) is 6.81. The van der Waals surface area contributed by atoms with Crippen molar-refractivity contribution in [1.82, 2.24) is 10.2 Å². The zero-order chi connectivity index (χ0) is 15.3. The smallest absolute Gasteiger partial charge is 0.239 e. The molecule has 0 spiro atoms. The first-order chi connectivity index (χ1) is 9.21. The highest BCUT2D eigenvalue weighted by atomic mass is 16.2. The Morgan fingerprint density at radius 3 is 2.30 bits per heavy atom. The van der Waals surface area contributed by atoms with E-state index in [1.54, 1.807) is 4.90 Å². The number of nitrogens with one attached hydrogen (secondary N) is 1. The van der Waals surface area contributed by atoms with Crippen LogP contribution in [0.5, 0.6) is 0 Å². The van der Waals surface area contributed by atoms with Gasteiger partial charge in [-0.05, 0) is 38.8 Å². The lowest BCUT2D eigenvalue weighted by molar-refractivity contribution is -0.139. The Morgan fingerprint density at radius 2 is 1.80 bits per heavy atom. The summed E-state index contributed by atoms with van der Waals surface area (Å²) in [5.41, 5.74) is 1.88. The number of benzene rings is 1. The zero-order valence-corrected chi connectivity index (χ0v) is 13.0. The Hall–Kier alpha value is -1.84. The summed E-state index contributed by atoms with van der Waals surface area (Å²) in [5, 5.41) is 2.86. The number of hydrogen-bond donors (Lipinski definition) is 1. The number of hydrogen-bond acceptors (Lipinski definition) is 2. The molecule has 1 aromatic carbocycles. The fourth-order valence-electron chi connectivity index (χ4n) is 2.02. The largest absolute Gasteiger partial charge is 0.350 e. The quantitative estimate of drug-likeness (QED) is 0.917. The van der Waals surface area contributed by atoms with Crippen LogP contribution in [0.1, 0.15) is 38.8 Å². The second-order valence-corrected chi connectivity index (χ2v) is 5.98. The molecule has 2 amide bonds. The van der Waals surface area contributed by atoms with Crippen LogP contribution in [-0.2, 0) is 16.1 Å². The van der Waals surface area contributed by atoms with E-state index in [0.717, 1.165) is 11.1 Å². The molecule has 20 heavy (non-hydrogen) atoms. The van der Waals surface area contributed by atoms with Crippen LogP contribution in [0.2, 0.25) is 0 Å². The van der Waals surface area contributed by atoms with Gasteiger partial charge in [0.05, 0.1) is 0 Å². The highest BCUT2D eigenvalue weighted by Gasteiger charge is 2.25. The lowest BCUT2D eigenvalue weighted by atomic mass is 10.1. The Kier molecular flexibility index (Phi) is 5.31. The normalized spacial score (nSPS) is 11.1. The van der Waals surface area contributed by atoms with E-state index in [-0.39, 0.29) is 23.9 Å². The molecule has 0 radical (unpaired) electrons. The third-order valence-corrected chi connectivity index (χ3v) is 3.23. The highest BCUT2D eigenvalue weighted by Crippen LogP contribution is 2.13. The Labute approximate surface area is 121 Å². The van der Waals surface area contributed by atoms with Gasteiger partial charge in [-0.3, -0.25) is 9.59 Å². The van der Waals surface area contributed by atoms with E-state index in [4.69, 9.17) is 0 Å². The molecule has 4 heteroatoms. The molecule has 0 aliphatic carbocycles. The second-order valence-electron chi connectivity index (χ2n) is 5.98. The lowest BCUT2D eigenvalue weighted by Crippen LogP contribution is -2.49. The molecule has 1 N–H and O–H groups in total. The van der Waals surface area contributed by atoms with E-state index in [1.807, 2.05) is 52.0 Å². The molecule has 4 nitrogen and oxygen atoms in total. The van der Waals surface area contributed by atoms with Crippen LogP contribution in [0.4, 0.5) is 0 Å². The number of nitrogens with zero attached hydrogens (tertiary/aromatic N) is 1. The summed E-state index contributed by atoms with van der Waals surface area (Å²) in [6, 6.07) is 7.92. The molecule has 0 fully saturated rings. The van der Waals surface area contributed by atoms with E-state index in [1.165, 1.54) is 6.92 Å². The number of rotatable bonds is 4. The molecule has 0 atom stereocenters. The molecule has 0 aliphatic rings. The molecule has 0 saturated carbocycles. The summed E-state index contributed by atoms with van der Waals surface area (Å²) in [5.74, 6) is -0.234. The van der Waals surface area contributed by atoms with Gasteiger partial charge >= 0.3 is 0 Å². The third-order valence-electron chi connectivity index (χ3n) is 3.23. The average molecular weight is 276 g/mol. The zero-order valence-electron chi connectivity index (χ0n) is 13.0. The van der Waals surface area contributed by atoms with Gasteiger partial charge in [-0.2, -0.15) is 0 Å². The van der Waals surface area contributed by atoms with E-state index in [0.29, 0.717) is 6.54 Å². The molecule has 0 saturated heterocycles. The number of carbonyl (C=O) groups excluding carboxylic acids is 2. The summed E-state index contributed by atoms with van der Waals surface area (Å²) in [4.78, 5) is 25.2. The molecule has 1 aromatic rings. The van der Waals surface area contributed by atoms with E-state index in [2.05, 4.69) is 5.32 Å². The topological polar surface area (TPSA) is 49.4 Å². The maximum Gasteiger partial charge on any atom is 0.239 e. The van der Waals surface area contributed by atoms with Gasteiger partial charge in [-0.15, -0.1) is 0 Å². The fraction of sp³-hybridized carbons (Fsp3) is 0.500. The average Bonchev–Trinajstić information content (AvgIpc) is 2.33. The van der Waals surface area contributed by atoms with Crippen LogP contribution in [0.15, 0.2) is 24.3 Å². The second kappa shape index (κ2) is 6.55. The Balaban J connectivity index is 2.60.